The normalized spacial score (nSPS) is 27.1. The molecule has 2 N–H and O–H groups in total. The molecule has 0 aromatic heterocycles. The molecule has 0 spiro atoms. The Balaban J connectivity index is 0.00000180. The van der Waals surface area contributed by atoms with Crippen LogP contribution in [0.5, 0.6) is 0 Å². The quantitative estimate of drug-likeness (QED) is 0.860. The predicted octanol–water partition coefficient (Wildman–Crippen LogP) is 1.76. The maximum Gasteiger partial charge on any atom is 0.225 e. The van der Waals surface area contributed by atoms with Crippen molar-refractivity contribution in [2.24, 2.45) is 17.6 Å². The second-order valence-corrected chi connectivity index (χ2v) is 6.29. The number of carbonyl (C=O) groups excluding carboxylic acids is 1. The SMILES string of the molecule is CC(C)CN1CCN(C(=O)C2CCC(N)C2)CC1.Cl.Cl. The zero-order chi connectivity index (χ0) is 13.1. The van der Waals surface area contributed by atoms with Gasteiger partial charge < -0.3 is 10.6 Å². The van der Waals surface area contributed by atoms with Gasteiger partial charge in [0.2, 0.25) is 5.91 Å². The van der Waals surface area contributed by atoms with Crippen molar-refractivity contribution in [2.75, 3.05) is 32.7 Å². The number of nitrogens with two attached hydrogens (primary N) is 1. The van der Waals surface area contributed by atoms with E-state index in [1.807, 2.05) is 0 Å². The van der Waals surface area contributed by atoms with Gasteiger partial charge in [-0.3, -0.25) is 9.69 Å². The summed E-state index contributed by atoms with van der Waals surface area (Å²) >= 11 is 0. The summed E-state index contributed by atoms with van der Waals surface area (Å²) in [6, 6.07) is 0.251. The molecule has 2 fully saturated rings. The molecule has 0 radical (unpaired) electrons. The summed E-state index contributed by atoms with van der Waals surface area (Å²) < 4.78 is 0. The molecule has 1 saturated heterocycles. The van der Waals surface area contributed by atoms with Crippen molar-refractivity contribution < 1.29 is 4.79 Å². The van der Waals surface area contributed by atoms with E-state index in [0.29, 0.717) is 11.8 Å². The molecular weight excluding hydrogens is 297 g/mol. The van der Waals surface area contributed by atoms with Gasteiger partial charge in [0, 0.05) is 44.7 Å². The molecule has 2 atom stereocenters. The number of amides is 1. The van der Waals surface area contributed by atoms with E-state index in [2.05, 4.69) is 23.6 Å². The van der Waals surface area contributed by atoms with Gasteiger partial charge in [0.25, 0.3) is 0 Å². The Morgan fingerprint density at radius 1 is 1.15 bits per heavy atom. The number of halogens is 2. The van der Waals surface area contributed by atoms with Crippen LogP contribution in [-0.4, -0.2) is 54.5 Å². The zero-order valence-corrected chi connectivity index (χ0v) is 14.2. The van der Waals surface area contributed by atoms with Crippen LogP contribution in [0.3, 0.4) is 0 Å². The Hall–Kier alpha value is -0.0300. The van der Waals surface area contributed by atoms with Crippen LogP contribution >= 0.6 is 24.8 Å². The highest BCUT2D eigenvalue weighted by atomic mass is 35.5. The van der Waals surface area contributed by atoms with E-state index in [1.165, 1.54) is 0 Å². The second kappa shape index (κ2) is 9.08. The van der Waals surface area contributed by atoms with Gasteiger partial charge in [-0.2, -0.15) is 0 Å². The summed E-state index contributed by atoms with van der Waals surface area (Å²) in [5.74, 6) is 1.27. The minimum absolute atomic E-state index is 0. The molecule has 1 aliphatic carbocycles. The molecule has 1 amide bonds. The fourth-order valence-corrected chi connectivity index (χ4v) is 3.17. The van der Waals surface area contributed by atoms with Gasteiger partial charge in [0.1, 0.15) is 0 Å². The van der Waals surface area contributed by atoms with Crippen molar-refractivity contribution in [3.63, 3.8) is 0 Å². The van der Waals surface area contributed by atoms with E-state index in [4.69, 9.17) is 5.73 Å². The van der Waals surface area contributed by atoms with E-state index >= 15 is 0 Å². The van der Waals surface area contributed by atoms with Gasteiger partial charge in [-0.1, -0.05) is 13.8 Å². The third-order valence-electron chi connectivity index (χ3n) is 4.13. The molecule has 2 aliphatic rings. The Morgan fingerprint density at radius 3 is 2.20 bits per heavy atom. The molecule has 2 rings (SSSR count). The van der Waals surface area contributed by atoms with Gasteiger partial charge in [-0.25, -0.2) is 0 Å². The molecule has 6 heteroatoms. The lowest BCUT2D eigenvalue weighted by Crippen LogP contribution is -2.50. The molecule has 0 aromatic rings. The smallest absolute Gasteiger partial charge is 0.225 e. The van der Waals surface area contributed by atoms with Gasteiger partial charge >= 0.3 is 0 Å². The Morgan fingerprint density at radius 2 is 1.75 bits per heavy atom. The van der Waals surface area contributed by atoms with Crippen LogP contribution in [0.2, 0.25) is 0 Å². The fraction of sp³-hybridized carbons (Fsp3) is 0.929. The number of carbonyl (C=O) groups is 1. The summed E-state index contributed by atoms with van der Waals surface area (Å²) in [5, 5.41) is 0. The molecule has 0 aromatic carbocycles. The van der Waals surface area contributed by atoms with Gasteiger partial charge in [0.15, 0.2) is 0 Å². The molecule has 4 nitrogen and oxygen atoms in total. The predicted molar refractivity (Wildman–Crippen MR) is 87.7 cm³/mol. The zero-order valence-electron chi connectivity index (χ0n) is 12.6. The summed E-state index contributed by atoms with van der Waals surface area (Å²) in [4.78, 5) is 16.8. The number of piperazine rings is 1. The van der Waals surface area contributed by atoms with Crippen molar-refractivity contribution >= 4 is 30.7 Å². The van der Waals surface area contributed by atoms with Gasteiger partial charge in [-0.15, -0.1) is 24.8 Å². The maximum absolute atomic E-state index is 12.3. The maximum atomic E-state index is 12.3. The first-order chi connectivity index (χ1) is 8.56. The molecule has 1 aliphatic heterocycles. The summed E-state index contributed by atoms with van der Waals surface area (Å²) in [6.45, 7) is 9.51. The van der Waals surface area contributed by atoms with Crippen LogP contribution in [0.4, 0.5) is 0 Å². The lowest BCUT2D eigenvalue weighted by atomic mass is 10.1. The third kappa shape index (κ3) is 5.40. The van der Waals surface area contributed by atoms with E-state index in [1.54, 1.807) is 0 Å². The molecule has 120 valence electrons. The topological polar surface area (TPSA) is 49.6 Å². The molecule has 0 bridgehead atoms. The Kier molecular flexibility index (Phi) is 9.07. The molecule has 1 saturated carbocycles. The minimum atomic E-state index is 0. The molecule has 2 unspecified atom stereocenters. The highest BCUT2D eigenvalue weighted by Gasteiger charge is 2.32. The molecule has 20 heavy (non-hydrogen) atoms. The molecular formula is C14H29Cl2N3O. The number of rotatable bonds is 3. The number of hydrogen-bond donors (Lipinski definition) is 1. The first kappa shape index (κ1) is 20.0. The standard InChI is InChI=1S/C14H27N3O.2ClH/c1-11(2)10-16-5-7-17(8-6-16)14(18)12-3-4-13(15)9-12;;/h11-13H,3-10,15H2,1-2H3;2*1H. The van der Waals surface area contributed by atoms with Crippen LogP contribution in [0, 0.1) is 11.8 Å². The summed E-state index contributed by atoms with van der Waals surface area (Å²) in [5.41, 5.74) is 5.89. The highest BCUT2D eigenvalue weighted by molar-refractivity contribution is 5.85. The van der Waals surface area contributed by atoms with Crippen LogP contribution in [0.15, 0.2) is 0 Å². The Bertz CT molecular complexity index is 294. The van der Waals surface area contributed by atoms with Crippen molar-refractivity contribution in [1.82, 2.24) is 9.80 Å². The first-order valence-corrected chi connectivity index (χ1v) is 7.33. The van der Waals surface area contributed by atoms with Crippen LogP contribution < -0.4 is 5.73 Å². The number of nitrogens with zero attached hydrogens (tertiary/aromatic N) is 2. The summed E-state index contributed by atoms with van der Waals surface area (Å²) in [6.07, 6.45) is 2.90. The van der Waals surface area contributed by atoms with Gasteiger partial charge in [-0.05, 0) is 25.2 Å². The van der Waals surface area contributed by atoms with Crippen molar-refractivity contribution in [3.8, 4) is 0 Å². The highest BCUT2D eigenvalue weighted by Crippen LogP contribution is 2.26. The van der Waals surface area contributed by atoms with Crippen molar-refractivity contribution in [2.45, 2.75) is 39.2 Å². The van der Waals surface area contributed by atoms with E-state index in [-0.39, 0.29) is 36.8 Å². The average Bonchev–Trinajstić information content (AvgIpc) is 2.75. The third-order valence-corrected chi connectivity index (χ3v) is 4.13. The van der Waals surface area contributed by atoms with Crippen LogP contribution in [0.25, 0.3) is 0 Å². The van der Waals surface area contributed by atoms with Crippen LogP contribution in [-0.2, 0) is 4.79 Å². The largest absolute Gasteiger partial charge is 0.340 e. The lowest BCUT2D eigenvalue weighted by molar-refractivity contribution is -0.137. The molecule has 1 heterocycles. The van der Waals surface area contributed by atoms with E-state index < -0.39 is 0 Å². The van der Waals surface area contributed by atoms with E-state index in [9.17, 15) is 4.79 Å². The fourth-order valence-electron chi connectivity index (χ4n) is 3.17. The first-order valence-electron chi connectivity index (χ1n) is 7.33. The van der Waals surface area contributed by atoms with Crippen molar-refractivity contribution in [1.29, 1.82) is 0 Å². The average molecular weight is 326 g/mol. The minimum Gasteiger partial charge on any atom is -0.340 e. The van der Waals surface area contributed by atoms with Gasteiger partial charge in [0.05, 0.1) is 0 Å². The lowest BCUT2D eigenvalue weighted by Gasteiger charge is -2.36. The number of hydrogen-bond acceptors (Lipinski definition) is 3. The Labute approximate surface area is 135 Å². The monoisotopic (exact) mass is 325 g/mol. The van der Waals surface area contributed by atoms with E-state index in [0.717, 1.165) is 52.0 Å². The second-order valence-electron chi connectivity index (χ2n) is 6.29. The van der Waals surface area contributed by atoms with Crippen LogP contribution in [0.1, 0.15) is 33.1 Å². The van der Waals surface area contributed by atoms with Crippen molar-refractivity contribution in [3.05, 3.63) is 0 Å². The summed E-state index contributed by atoms with van der Waals surface area (Å²) in [7, 11) is 0.